The number of carbonyl (C=O) groups is 2. The summed E-state index contributed by atoms with van der Waals surface area (Å²) in [6.07, 6.45) is 0.789. The first kappa shape index (κ1) is 15.5. The second-order valence-corrected chi connectivity index (χ2v) is 6.61. The van der Waals surface area contributed by atoms with Crippen molar-refractivity contribution in [3.8, 4) is 0 Å². The van der Waals surface area contributed by atoms with Gasteiger partial charge in [0, 0.05) is 5.69 Å². The third kappa shape index (κ3) is 4.27. The lowest BCUT2D eigenvalue weighted by Gasteiger charge is -2.07. The number of primary sulfonamides is 1. The predicted octanol–water partition coefficient (Wildman–Crippen LogP) is 0.472. The molecule has 1 aromatic rings. The van der Waals surface area contributed by atoms with Crippen molar-refractivity contribution in [2.24, 2.45) is 17.0 Å². The third-order valence-corrected chi connectivity index (χ3v) is 4.12. The van der Waals surface area contributed by atoms with Crippen molar-refractivity contribution in [3.05, 3.63) is 24.3 Å². The minimum absolute atomic E-state index is 0.107. The highest BCUT2D eigenvalue weighted by molar-refractivity contribution is 7.89. The molecule has 1 aliphatic carbocycles. The van der Waals surface area contributed by atoms with E-state index in [1.54, 1.807) is 0 Å². The summed E-state index contributed by atoms with van der Waals surface area (Å²) >= 11 is 0. The lowest BCUT2D eigenvalue weighted by Crippen LogP contribution is -2.22. The molecule has 2 atom stereocenters. The molecule has 1 amide bonds. The molecule has 1 saturated carbocycles. The number of benzene rings is 1. The van der Waals surface area contributed by atoms with E-state index in [0.29, 0.717) is 5.92 Å². The Kier molecular flexibility index (Phi) is 4.29. The summed E-state index contributed by atoms with van der Waals surface area (Å²) in [6.45, 7) is 1.53. The molecule has 3 N–H and O–H groups in total. The Morgan fingerprint density at radius 1 is 1.43 bits per heavy atom. The molecule has 0 heterocycles. The summed E-state index contributed by atoms with van der Waals surface area (Å²) in [5.74, 6) is -0.713. The van der Waals surface area contributed by atoms with E-state index >= 15 is 0 Å². The molecule has 0 aliphatic heterocycles. The number of nitrogens with one attached hydrogen (secondary N) is 1. The molecule has 114 valence electrons. The Balaban J connectivity index is 1.89. The van der Waals surface area contributed by atoms with Gasteiger partial charge in [-0.15, -0.1) is 0 Å². The smallest absolute Gasteiger partial charge is 0.309 e. The van der Waals surface area contributed by atoms with Gasteiger partial charge in [0.2, 0.25) is 10.0 Å². The minimum atomic E-state index is -3.83. The van der Waals surface area contributed by atoms with Gasteiger partial charge in [-0.2, -0.15) is 0 Å². The number of nitrogens with two attached hydrogens (primary N) is 1. The number of rotatable bonds is 5. The molecule has 1 aliphatic rings. The molecule has 0 spiro atoms. The molecule has 0 bridgehead atoms. The Bertz CT molecular complexity index is 671. The zero-order chi connectivity index (χ0) is 15.6. The van der Waals surface area contributed by atoms with Crippen LogP contribution in [0, 0.1) is 11.8 Å². The summed E-state index contributed by atoms with van der Waals surface area (Å²) in [5.41, 5.74) is 0.266. The van der Waals surface area contributed by atoms with E-state index in [-0.39, 0.29) is 22.5 Å². The van der Waals surface area contributed by atoms with Gasteiger partial charge in [0.05, 0.1) is 10.8 Å². The Morgan fingerprint density at radius 3 is 2.67 bits per heavy atom. The van der Waals surface area contributed by atoms with Crippen molar-refractivity contribution in [1.29, 1.82) is 0 Å². The molecule has 1 aromatic carbocycles. The van der Waals surface area contributed by atoms with E-state index in [1.807, 2.05) is 6.92 Å². The van der Waals surface area contributed by atoms with Crippen molar-refractivity contribution in [2.45, 2.75) is 18.2 Å². The average Bonchev–Trinajstić information content (AvgIpc) is 3.12. The molecule has 7 nitrogen and oxygen atoms in total. The Labute approximate surface area is 122 Å². The van der Waals surface area contributed by atoms with Crippen LogP contribution in [0.3, 0.4) is 0 Å². The van der Waals surface area contributed by atoms with Crippen LogP contribution >= 0.6 is 0 Å². The van der Waals surface area contributed by atoms with Crippen LogP contribution in [0.5, 0.6) is 0 Å². The highest BCUT2D eigenvalue weighted by Gasteiger charge is 2.40. The summed E-state index contributed by atoms with van der Waals surface area (Å²) in [5, 5.41) is 7.44. The van der Waals surface area contributed by atoms with Crippen LogP contribution in [0.25, 0.3) is 0 Å². The minimum Gasteiger partial charge on any atom is -0.455 e. The summed E-state index contributed by atoms with van der Waals surface area (Å²) in [6, 6.07) is 5.52. The van der Waals surface area contributed by atoms with Gasteiger partial charge in [0.15, 0.2) is 6.61 Å². The van der Waals surface area contributed by atoms with E-state index in [0.717, 1.165) is 6.42 Å². The fourth-order valence-corrected chi connectivity index (χ4v) is 2.40. The van der Waals surface area contributed by atoms with Crippen LogP contribution in [-0.2, 0) is 24.3 Å². The lowest BCUT2D eigenvalue weighted by atomic mass is 10.3. The number of ether oxygens (including phenoxy) is 1. The average molecular weight is 312 g/mol. The quantitative estimate of drug-likeness (QED) is 0.767. The van der Waals surface area contributed by atoms with Crippen molar-refractivity contribution in [3.63, 3.8) is 0 Å². The zero-order valence-electron chi connectivity index (χ0n) is 11.4. The SMILES string of the molecule is C[C@H]1C[C@@H]1C(=O)OCC(=O)Nc1cccc(S(N)(=O)=O)c1. The highest BCUT2D eigenvalue weighted by atomic mass is 32.2. The van der Waals surface area contributed by atoms with E-state index in [2.05, 4.69) is 5.32 Å². The van der Waals surface area contributed by atoms with Crippen LogP contribution in [-0.4, -0.2) is 26.9 Å². The molecule has 2 rings (SSSR count). The van der Waals surface area contributed by atoms with Gasteiger partial charge < -0.3 is 10.1 Å². The largest absolute Gasteiger partial charge is 0.455 e. The standard InChI is InChI=1S/C13H16N2O5S/c1-8-5-11(8)13(17)20-7-12(16)15-9-3-2-4-10(6-9)21(14,18)19/h2-4,6,8,11H,5,7H2,1H3,(H,15,16)(H2,14,18,19)/t8-,11-/m0/s1. The number of hydrogen-bond donors (Lipinski definition) is 2. The van der Waals surface area contributed by atoms with Crippen LogP contribution < -0.4 is 10.5 Å². The zero-order valence-corrected chi connectivity index (χ0v) is 12.2. The number of amides is 1. The van der Waals surface area contributed by atoms with Crippen molar-refractivity contribution in [1.82, 2.24) is 0 Å². The fourth-order valence-electron chi connectivity index (χ4n) is 1.84. The molecule has 0 radical (unpaired) electrons. The number of anilines is 1. The van der Waals surface area contributed by atoms with Gasteiger partial charge in [0.1, 0.15) is 0 Å². The summed E-state index contributed by atoms with van der Waals surface area (Å²) in [7, 11) is -3.83. The first-order valence-corrected chi connectivity index (χ1v) is 7.91. The fraction of sp³-hybridized carbons (Fsp3) is 0.385. The Morgan fingerprint density at radius 2 is 2.10 bits per heavy atom. The van der Waals surface area contributed by atoms with Crippen LogP contribution in [0.1, 0.15) is 13.3 Å². The molecule has 8 heteroatoms. The topological polar surface area (TPSA) is 116 Å². The normalized spacial score (nSPS) is 20.7. The van der Waals surface area contributed by atoms with E-state index in [9.17, 15) is 18.0 Å². The molecule has 0 unspecified atom stereocenters. The second kappa shape index (κ2) is 5.82. The third-order valence-electron chi connectivity index (χ3n) is 3.20. The van der Waals surface area contributed by atoms with E-state index < -0.39 is 22.5 Å². The van der Waals surface area contributed by atoms with Crippen LogP contribution in [0.4, 0.5) is 5.69 Å². The molecular weight excluding hydrogens is 296 g/mol. The number of sulfonamides is 1. The first-order chi connectivity index (χ1) is 9.77. The van der Waals surface area contributed by atoms with Gasteiger partial charge in [-0.1, -0.05) is 13.0 Å². The number of esters is 1. The monoisotopic (exact) mass is 312 g/mol. The maximum atomic E-state index is 11.6. The van der Waals surface area contributed by atoms with E-state index in [4.69, 9.17) is 9.88 Å². The van der Waals surface area contributed by atoms with Crippen molar-refractivity contribution >= 4 is 27.6 Å². The second-order valence-electron chi connectivity index (χ2n) is 5.05. The van der Waals surface area contributed by atoms with Crippen LogP contribution in [0.15, 0.2) is 29.2 Å². The van der Waals surface area contributed by atoms with Gasteiger partial charge in [-0.25, -0.2) is 13.6 Å². The van der Waals surface area contributed by atoms with Crippen LogP contribution in [0.2, 0.25) is 0 Å². The number of carbonyl (C=O) groups excluding carboxylic acids is 2. The summed E-state index contributed by atoms with van der Waals surface area (Å²) < 4.78 is 27.3. The first-order valence-electron chi connectivity index (χ1n) is 6.36. The molecule has 21 heavy (non-hydrogen) atoms. The van der Waals surface area contributed by atoms with Crippen molar-refractivity contribution in [2.75, 3.05) is 11.9 Å². The maximum absolute atomic E-state index is 11.6. The molecule has 1 fully saturated rings. The number of hydrogen-bond acceptors (Lipinski definition) is 5. The van der Waals surface area contributed by atoms with E-state index in [1.165, 1.54) is 24.3 Å². The maximum Gasteiger partial charge on any atom is 0.309 e. The van der Waals surface area contributed by atoms with Gasteiger partial charge in [-0.3, -0.25) is 9.59 Å². The van der Waals surface area contributed by atoms with Gasteiger partial charge >= 0.3 is 5.97 Å². The Hall–Kier alpha value is -1.93. The lowest BCUT2D eigenvalue weighted by molar-refractivity contribution is -0.148. The van der Waals surface area contributed by atoms with Gasteiger partial charge in [0.25, 0.3) is 5.91 Å². The summed E-state index contributed by atoms with van der Waals surface area (Å²) in [4.78, 5) is 23.0. The van der Waals surface area contributed by atoms with Crippen molar-refractivity contribution < 1.29 is 22.7 Å². The van der Waals surface area contributed by atoms with Gasteiger partial charge in [-0.05, 0) is 30.5 Å². The molecular formula is C13H16N2O5S. The predicted molar refractivity (Wildman–Crippen MR) is 74.7 cm³/mol. The molecule has 0 saturated heterocycles. The molecule has 0 aromatic heterocycles. The highest BCUT2D eigenvalue weighted by Crippen LogP contribution is 2.38.